The predicted octanol–water partition coefficient (Wildman–Crippen LogP) is 4.00. The van der Waals surface area contributed by atoms with E-state index in [4.69, 9.17) is 0 Å². The maximum Gasteiger partial charge on any atom is 0.248 e. The van der Waals surface area contributed by atoms with Crippen LogP contribution in [0.15, 0.2) is 18.3 Å². The van der Waals surface area contributed by atoms with Crippen LogP contribution in [0.3, 0.4) is 0 Å². The largest absolute Gasteiger partial charge is 0.342 e. The number of likely N-dealkylation sites (tertiary alicyclic amines) is 1. The number of nitrogens with zero attached hydrogens (tertiary/aromatic N) is 2. The summed E-state index contributed by atoms with van der Waals surface area (Å²) in [5, 5.41) is 0. The molecule has 0 unspecified atom stereocenters. The molecule has 3 rings (SSSR count). The van der Waals surface area contributed by atoms with Crippen LogP contribution < -0.4 is 0 Å². The van der Waals surface area contributed by atoms with E-state index in [2.05, 4.69) is 11.1 Å². The Kier molecular flexibility index (Phi) is 5.16. The molecular formula is C19H26F2N2O. The van der Waals surface area contributed by atoms with E-state index in [0.29, 0.717) is 18.8 Å². The number of hydrogen-bond acceptors (Lipinski definition) is 2. The monoisotopic (exact) mass is 336 g/mol. The molecule has 0 N–H and O–H groups in total. The van der Waals surface area contributed by atoms with Crippen molar-refractivity contribution in [3.8, 4) is 0 Å². The van der Waals surface area contributed by atoms with Crippen LogP contribution in [-0.4, -0.2) is 34.8 Å². The number of aryl methyl sites for hydroxylation is 1. The highest BCUT2D eigenvalue weighted by Crippen LogP contribution is 2.37. The molecule has 1 aliphatic heterocycles. The van der Waals surface area contributed by atoms with Crippen molar-refractivity contribution in [2.75, 3.05) is 13.1 Å². The Bertz CT molecular complexity index is 563. The third-order valence-electron chi connectivity index (χ3n) is 5.39. The molecule has 0 aromatic carbocycles. The van der Waals surface area contributed by atoms with Gasteiger partial charge in [-0.05, 0) is 56.6 Å². The third-order valence-corrected chi connectivity index (χ3v) is 5.39. The lowest BCUT2D eigenvalue weighted by Crippen LogP contribution is -2.45. The van der Waals surface area contributed by atoms with Crippen molar-refractivity contribution < 1.29 is 13.6 Å². The number of aromatic nitrogens is 1. The van der Waals surface area contributed by atoms with E-state index < -0.39 is 5.92 Å². The van der Waals surface area contributed by atoms with Crippen LogP contribution in [0.1, 0.15) is 49.8 Å². The molecule has 1 saturated heterocycles. The molecule has 1 atom stereocenters. The van der Waals surface area contributed by atoms with Crippen molar-refractivity contribution >= 4 is 5.91 Å². The van der Waals surface area contributed by atoms with Gasteiger partial charge in [-0.1, -0.05) is 6.07 Å². The van der Waals surface area contributed by atoms with Crippen molar-refractivity contribution in [2.24, 2.45) is 11.8 Å². The van der Waals surface area contributed by atoms with Gasteiger partial charge in [0, 0.05) is 43.7 Å². The third kappa shape index (κ3) is 4.31. The van der Waals surface area contributed by atoms with Crippen molar-refractivity contribution in [2.45, 2.75) is 57.8 Å². The fraction of sp³-hybridized carbons (Fsp3) is 0.684. The summed E-state index contributed by atoms with van der Waals surface area (Å²) >= 11 is 0. The highest BCUT2D eigenvalue weighted by molar-refractivity contribution is 5.79. The molecule has 24 heavy (non-hydrogen) atoms. The second kappa shape index (κ2) is 7.16. The standard InChI is InChI=1S/C19H26F2N2O/c1-14-4-5-15(12-22-14)11-16-3-2-10-23(13-16)18(24)17-6-8-19(20,21)9-7-17/h4-5,12,16-17H,2-3,6-11,13H2,1H3/t16-/m1/s1. The zero-order valence-corrected chi connectivity index (χ0v) is 14.3. The number of rotatable bonds is 3. The van der Waals surface area contributed by atoms with Gasteiger partial charge in [0.05, 0.1) is 0 Å². The number of alkyl halides is 2. The van der Waals surface area contributed by atoms with Gasteiger partial charge in [-0.2, -0.15) is 0 Å². The quantitative estimate of drug-likeness (QED) is 0.836. The summed E-state index contributed by atoms with van der Waals surface area (Å²) < 4.78 is 26.6. The minimum absolute atomic E-state index is 0.0947. The number of hydrogen-bond donors (Lipinski definition) is 0. The van der Waals surface area contributed by atoms with Crippen LogP contribution in [-0.2, 0) is 11.2 Å². The molecule has 2 heterocycles. The maximum absolute atomic E-state index is 13.3. The highest BCUT2D eigenvalue weighted by Gasteiger charge is 2.39. The van der Waals surface area contributed by atoms with Crippen LogP contribution in [0.2, 0.25) is 0 Å². The first-order valence-corrected chi connectivity index (χ1v) is 9.01. The Labute approximate surface area is 142 Å². The van der Waals surface area contributed by atoms with Gasteiger partial charge >= 0.3 is 0 Å². The number of carbonyl (C=O) groups is 1. The first kappa shape index (κ1) is 17.3. The normalized spacial score (nSPS) is 24.8. The molecule has 1 saturated carbocycles. The van der Waals surface area contributed by atoms with E-state index in [9.17, 15) is 13.6 Å². The van der Waals surface area contributed by atoms with E-state index in [1.54, 1.807) is 0 Å². The molecule has 1 amide bonds. The zero-order chi connectivity index (χ0) is 17.2. The summed E-state index contributed by atoms with van der Waals surface area (Å²) in [6.07, 6.45) is 5.33. The molecule has 1 aliphatic carbocycles. The lowest BCUT2D eigenvalue weighted by molar-refractivity contribution is -0.141. The van der Waals surface area contributed by atoms with Gasteiger partial charge in [-0.25, -0.2) is 8.78 Å². The van der Waals surface area contributed by atoms with Crippen molar-refractivity contribution in [1.82, 2.24) is 9.88 Å². The van der Waals surface area contributed by atoms with Crippen LogP contribution in [0.4, 0.5) is 8.78 Å². The first-order valence-electron chi connectivity index (χ1n) is 9.01. The highest BCUT2D eigenvalue weighted by atomic mass is 19.3. The minimum Gasteiger partial charge on any atom is -0.342 e. The summed E-state index contributed by atoms with van der Waals surface area (Å²) in [6.45, 7) is 3.49. The SMILES string of the molecule is Cc1ccc(C[C@H]2CCCN(C(=O)C3CCC(F)(F)CC3)C2)cn1. The topological polar surface area (TPSA) is 33.2 Å². The lowest BCUT2D eigenvalue weighted by atomic mass is 9.84. The van der Waals surface area contributed by atoms with Crippen molar-refractivity contribution in [1.29, 1.82) is 0 Å². The molecule has 2 aliphatic rings. The van der Waals surface area contributed by atoms with Gasteiger partial charge in [0.2, 0.25) is 11.8 Å². The number of pyridine rings is 1. The molecular weight excluding hydrogens is 310 g/mol. The van der Waals surface area contributed by atoms with E-state index in [1.165, 1.54) is 5.56 Å². The Morgan fingerprint density at radius 3 is 2.71 bits per heavy atom. The summed E-state index contributed by atoms with van der Waals surface area (Å²) in [5.41, 5.74) is 2.21. The lowest BCUT2D eigenvalue weighted by Gasteiger charge is -2.37. The molecule has 2 fully saturated rings. The van der Waals surface area contributed by atoms with E-state index >= 15 is 0 Å². The van der Waals surface area contributed by atoms with Gasteiger partial charge < -0.3 is 4.90 Å². The van der Waals surface area contributed by atoms with E-state index in [0.717, 1.165) is 38.0 Å². The van der Waals surface area contributed by atoms with Gasteiger partial charge in [0.1, 0.15) is 0 Å². The van der Waals surface area contributed by atoms with Gasteiger partial charge in [0.25, 0.3) is 0 Å². The molecule has 5 heteroatoms. The summed E-state index contributed by atoms with van der Waals surface area (Å²) in [5.74, 6) is -2.24. The van der Waals surface area contributed by atoms with E-state index in [1.807, 2.05) is 24.1 Å². The first-order chi connectivity index (χ1) is 11.4. The summed E-state index contributed by atoms with van der Waals surface area (Å²) in [7, 11) is 0. The maximum atomic E-state index is 13.3. The Hall–Kier alpha value is -1.52. The summed E-state index contributed by atoms with van der Waals surface area (Å²) in [6, 6.07) is 4.12. The summed E-state index contributed by atoms with van der Waals surface area (Å²) in [4.78, 5) is 18.9. The van der Waals surface area contributed by atoms with Crippen LogP contribution in [0.5, 0.6) is 0 Å². The predicted molar refractivity (Wildman–Crippen MR) is 88.9 cm³/mol. The molecule has 1 aromatic rings. The van der Waals surface area contributed by atoms with Crippen molar-refractivity contribution in [3.63, 3.8) is 0 Å². The molecule has 1 aromatic heterocycles. The van der Waals surface area contributed by atoms with Gasteiger partial charge in [-0.15, -0.1) is 0 Å². The fourth-order valence-corrected chi connectivity index (χ4v) is 3.93. The molecule has 0 bridgehead atoms. The van der Waals surface area contributed by atoms with Crippen LogP contribution in [0, 0.1) is 18.8 Å². The smallest absolute Gasteiger partial charge is 0.248 e. The number of piperidine rings is 1. The molecule has 0 spiro atoms. The number of halogens is 2. The minimum atomic E-state index is -2.57. The van der Waals surface area contributed by atoms with Crippen LogP contribution >= 0.6 is 0 Å². The Balaban J connectivity index is 1.55. The Morgan fingerprint density at radius 1 is 1.29 bits per heavy atom. The second-order valence-corrected chi connectivity index (χ2v) is 7.43. The van der Waals surface area contributed by atoms with Gasteiger partial charge in [-0.3, -0.25) is 9.78 Å². The van der Waals surface area contributed by atoms with Crippen LogP contribution in [0.25, 0.3) is 0 Å². The molecule has 132 valence electrons. The number of amides is 1. The number of carbonyl (C=O) groups excluding carboxylic acids is 1. The molecule has 3 nitrogen and oxygen atoms in total. The average Bonchev–Trinajstić information content (AvgIpc) is 2.57. The fourth-order valence-electron chi connectivity index (χ4n) is 3.93. The Morgan fingerprint density at radius 2 is 2.04 bits per heavy atom. The van der Waals surface area contributed by atoms with Gasteiger partial charge in [0.15, 0.2) is 0 Å². The second-order valence-electron chi connectivity index (χ2n) is 7.43. The molecule has 0 radical (unpaired) electrons. The average molecular weight is 336 g/mol. The van der Waals surface area contributed by atoms with E-state index in [-0.39, 0.29) is 24.7 Å². The zero-order valence-electron chi connectivity index (χ0n) is 14.3. The van der Waals surface area contributed by atoms with Crippen molar-refractivity contribution in [3.05, 3.63) is 29.6 Å².